The van der Waals surface area contributed by atoms with Crippen molar-refractivity contribution < 1.29 is 0 Å². The number of fused-ring (bicyclic) bond motifs is 1. The van der Waals surface area contributed by atoms with E-state index in [2.05, 4.69) is 24.1 Å². The normalized spacial score (nSPS) is 21.7. The van der Waals surface area contributed by atoms with Gasteiger partial charge in [0, 0.05) is 4.88 Å². The predicted molar refractivity (Wildman–Crippen MR) is 48.4 cm³/mol. The summed E-state index contributed by atoms with van der Waals surface area (Å²) in [5.41, 5.74) is 6.65. The monoisotopic (exact) mass is 166 g/mol. The van der Waals surface area contributed by atoms with Gasteiger partial charge in [-0.2, -0.15) is 0 Å². The van der Waals surface area contributed by atoms with E-state index in [4.69, 9.17) is 5.73 Å². The van der Waals surface area contributed by atoms with E-state index in [1.807, 2.05) is 0 Å². The Labute approximate surface area is 69.8 Å². The van der Waals surface area contributed by atoms with E-state index in [0.29, 0.717) is 11.0 Å². The van der Waals surface area contributed by atoms with E-state index in [9.17, 15) is 0 Å². The Kier molecular flexibility index (Phi) is 1.46. The Morgan fingerprint density at radius 3 is 3.36 bits per heavy atom. The van der Waals surface area contributed by atoms with E-state index < -0.39 is 0 Å². The molecule has 1 unspecified atom stereocenters. The Hall–Kier alpha value is -0.830. The molecular weight excluding hydrogens is 156 g/mol. The number of nitrogens with two attached hydrogens (primary N) is 1. The van der Waals surface area contributed by atoms with Crippen molar-refractivity contribution in [1.82, 2.24) is 4.98 Å². The summed E-state index contributed by atoms with van der Waals surface area (Å²) < 4.78 is 0. The predicted octanol–water partition coefficient (Wildman–Crippen LogP) is 1.93. The minimum atomic E-state index is 0.641. The lowest BCUT2D eigenvalue weighted by molar-refractivity contribution is 0.725. The van der Waals surface area contributed by atoms with Crippen LogP contribution in [0.15, 0.2) is 6.08 Å². The average Bonchev–Trinajstić information content (AvgIpc) is 2.27. The summed E-state index contributed by atoms with van der Waals surface area (Å²) in [5.74, 6) is 0.641. The lowest BCUT2D eigenvalue weighted by Crippen LogP contribution is -1.99. The first-order valence-electron chi connectivity index (χ1n) is 3.69. The fraction of sp³-hybridized carbons (Fsp3) is 0.375. The van der Waals surface area contributed by atoms with Gasteiger partial charge in [0.15, 0.2) is 5.13 Å². The number of allylic oxidation sites excluding steroid dienone is 1. The van der Waals surface area contributed by atoms with E-state index in [-0.39, 0.29) is 0 Å². The van der Waals surface area contributed by atoms with Gasteiger partial charge in [0.25, 0.3) is 0 Å². The van der Waals surface area contributed by atoms with Gasteiger partial charge in [-0.05, 0) is 18.4 Å². The molecule has 0 saturated heterocycles. The van der Waals surface area contributed by atoms with Crippen molar-refractivity contribution in [2.24, 2.45) is 5.92 Å². The molecule has 1 aliphatic carbocycles. The number of aromatic nitrogens is 1. The van der Waals surface area contributed by atoms with E-state index >= 15 is 0 Å². The highest BCUT2D eigenvalue weighted by atomic mass is 32.1. The Bertz CT molecular complexity index is 301. The highest BCUT2D eigenvalue weighted by Gasteiger charge is 2.13. The molecule has 3 heteroatoms. The van der Waals surface area contributed by atoms with E-state index in [1.54, 1.807) is 11.3 Å². The highest BCUT2D eigenvalue weighted by molar-refractivity contribution is 7.15. The smallest absolute Gasteiger partial charge is 0.180 e. The summed E-state index contributed by atoms with van der Waals surface area (Å²) >= 11 is 1.61. The summed E-state index contributed by atoms with van der Waals surface area (Å²) in [6.45, 7) is 2.20. The third-order valence-electron chi connectivity index (χ3n) is 1.83. The molecule has 0 aliphatic heterocycles. The van der Waals surface area contributed by atoms with Crippen LogP contribution in [-0.2, 0) is 6.42 Å². The van der Waals surface area contributed by atoms with Crippen LogP contribution >= 0.6 is 11.3 Å². The van der Waals surface area contributed by atoms with Gasteiger partial charge in [-0.3, -0.25) is 0 Å². The largest absolute Gasteiger partial charge is 0.375 e. The van der Waals surface area contributed by atoms with Gasteiger partial charge in [0.05, 0.1) is 5.69 Å². The van der Waals surface area contributed by atoms with Crippen LogP contribution in [0.3, 0.4) is 0 Å². The minimum absolute atomic E-state index is 0.641. The molecule has 0 spiro atoms. The lowest BCUT2D eigenvalue weighted by atomic mass is 10.0. The van der Waals surface area contributed by atoms with Crippen LogP contribution in [0.1, 0.15) is 17.5 Å². The molecule has 11 heavy (non-hydrogen) atoms. The average molecular weight is 166 g/mol. The highest BCUT2D eigenvalue weighted by Crippen LogP contribution is 2.28. The Morgan fingerprint density at radius 2 is 2.55 bits per heavy atom. The Morgan fingerprint density at radius 1 is 1.73 bits per heavy atom. The third kappa shape index (κ3) is 1.16. The molecule has 0 fully saturated rings. The van der Waals surface area contributed by atoms with Crippen LogP contribution in [-0.4, -0.2) is 4.98 Å². The summed E-state index contributed by atoms with van der Waals surface area (Å²) in [6, 6.07) is 0. The Balaban J connectivity index is 2.44. The maximum absolute atomic E-state index is 5.58. The minimum Gasteiger partial charge on any atom is -0.375 e. The van der Waals surface area contributed by atoms with Crippen molar-refractivity contribution in [1.29, 1.82) is 0 Å². The van der Waals surface area contributed by atoms with Gasteiger partial charge in [0.1, 0.15) is 0 Å². The summed E-state index contributed by atoms with van der Waals surface area (Å²) in [5, 5.41) is 0.689. The standard InChI is InChI=1S/C8H10N2S/c1-5-2-3-6-7(4-5)11-8(9)10-6/h2-3,5H,4H2,1H3,(H2,9,10). The summed E-state index contributed by atoms with van der Waals surface area (Å²) in [6.07, 6.45) is 5.35. The van der Waals surface area contributed by atoms with Crippen LogP contribution in [0.25, 0.3) is 6.08 Å². The molecule has 1 aliphatic rings. The molecule has 0 aromatic carbocycles. The van der Waals surface area contributed by atoms with Crippen LogP contribution < -0.4 is 5.73 Å². The molecule has 58 valence electrons. The zero-order valence-electron chi connectivity index (χ0n) is 6.37. The first-order chi connectivity index (χ1) is 5.25. The molecular formula is C8H10N2S. The number of thiazole rings is 1. The van der Waals surface area contributed by atoms with Gasteiger partial charge in [0.2, 0.25) is 0 Å². The van der Waals surface area contributed by atoms with Crippen molar-refractivity contribution in [3.8, 4) is 0 Å². The maximum Gasteiger partial charge on any atom is 0.180 e. The maximum atomic E-state index is 5.58. The molecule has 0 saturated carbocycles. The van der Waals surface area contributed by atoms with Gasteiger partial charge >= 0.3 is 0 Å². The van der Waals surface area contributed by atoms with Crippen molar-refractivity contribution in [2.75, 3.05) is 5.73 Å². The van der Waals surface area contributed by atoms with Gasteiger partial charge in [-0.1, -0.05) is 13.0 Å². The number of hydrogen-bond acceptors (Lipinski definition) is 3. The van der Waals surface area contributed by atoms with Crippen LogP contribution in [0.5, 0.6) is 0 Å². The molecule has 1 heterocycles. The fourth-order valence-electron chi connectivity index (χ4n) is 1.27. The van der Waals surface area contributed by atoms with Gasteiger partial charge < -0.3 is 5.73 Å². The molecule has 0 bridgehead atoms. The van der Waals surface area contributed by atoms with Crippen LogP contribution in [0.4, 0.5) is 5.13 Å². The van der Waals surface area contributed by atoms with Crippen molar-refractivity contribution in [3.05, 3.63) is 16.6 Å². The number of rotatable bonds is 0. The van der Waals surface area contributed by atoms with E-state index in [0.717, 1.165) is 12.1 Å². The second-order valence-electron chi connectivity index (χ2n) is 2.90. The molecule has 1 aromatic rings. The summed E-state index contributed by atoms with van der Waals surface area (Å²) in [4.78, 5) is 5.53. The zero-order chi connectivity index (χ0) is 7.84. The summed E-state index contributed by atoms with van der Waals surface area (Å²) in [7, 11) is 0. The molecule has 2 rings (SSSR count). The van der Waals surface area contributed by atoms with Crippen LogP contribution in [0.2, 0.25) is 0 Å². The number of nitrogen functional groups attached to an aromatic ring is 1. The molecule has 0 radical (unpaired) electrons. The fourth-order valence-corrected chi connectivity index (χ4v) is 2.24. The van der Waals surface area contributed by atoms with Crippen molar-refractivity contribution >= 4 is 22.5 Å². The lowest BCUT2D eigenvalue weighted by Gasteiger charge is -2.08. The number of hydrogen-bond donors (Lipinski definition) is 1. The number of anilines is 1. The van der Waals surface area contributed by atoms with Gasteiger partial charge in [-0.25, -0.2) is 4.98 Å². The number of nitrogens with zero attached hydrogens (tertiary/aromatic N) is 1. The third-order valence-corrected chi connectivity index (χ3v) is 2.76. The topological polar surface area (TPSA) is 38.9 Å². The molecule has 2 N–H and O–H groups in total. The van der Waals surface area contributed by atoms with Gasteiger partial charge in [-0.15, -0.1) is 11.3 Å². The quantitative estimate of drug-likeness (QED) is 0.639. The molecule has 1 atom stereocenters. The van der Waals surface area contributed by atoms with Crippen molar-refractivity contribution in [3.63, 3.8) is 0 Å². The molecule has 2 nitrogen and oxygen atoms in total. The zero-order valence-corrected chi connectivity index (χ0v) is 7.19. The first-order valence-corrected chi connectivity index (χ1v) is 4.51. The van der Waals surface area contributed by atoms with E-state index in [1.165, 1.54) is 4.88 Å². The van der Waals surface area contributed by atoms with Crippen molar-refractivity contribution in [2.45, 2.75) is 13.3 Å². The molecule has 0 amide bonds. The molecule has 1 aromatic heterocycles. The SMILES string of the molecule is CC1C=Cc2nc(N)sc2C1. The first kappa shape index (κ1) is 6.85. The second kappa shape index (κ2) is 2.34. The second-order valence-corrected chi connectivity index (χ2v) is 4.02. The van der Waals surface area contributed by atoms with Crippen LogP contribution in [0, 0.1) is 5.92 Å².